The number of allylic oxidation sites excluding steroid dienone is 4. The Bertz CT molecular complexity index is 795. The number of nitrogens with two attached hydrogens (primary N) is 1. The lowest BCUT2D eigenvalue weighted by molar-refractivity contribution is -0.120. The molecular weight excluding hydrogens is 310 g/mol. The van der Waals surface area contributed by atoms with Crippen LogP contribution in [0.15, 0.2) is 66.4 Å². The van der Waals surface area contributed by atoms with Crippen LogP contribution in [-0.4, -0.2) is 18.5 Å². The maximum atomic E-state index is 12.2. The highest BCUT2D eigenvalue weighted by molar-refractivity contribution is 5.83. The van der Waals surface area contributed by atoms with Crippen LogP contribution in [0.2, 0.25) is 0 Å². The first-order valence-electron chi connectivity index (χ1n) is 8.81. The van der Waals surface area contributed by atoms with Crippen molar-refractivity contribution in [2.24, 2.45) is 5.73 Å². The molecule has 0 aliphatic heterocycles. The van der Waals surface area contributed by atoms with Crippen LogP contribution in [0.25, 0.3) is 10.8 Å². The van der Waals surface area contributed by atoms with E-state index in [1.54, 1.807) is 0 Å². The van der Waals surface area contributed by atoms with Crippen molar-refractivity contribution in [1.82, 2.24) is 10.6 Å². The average Bonchev–Trinajstić information content (AvgIpc) is 2.65. The Morgan fingerprint density at radius 1 is 1.16 bits per heavy atom. The van der Waals surface area contributed by atoms with Gasteiger partial charge in [0.1, 0.15) is 0 Å². The molecule has 0 bridgehead atoms. The fourth-order valence-corrected chi connectivity index (χ4v) is 3.01. The molecule has 1 aliphatic carbocycles. The van der Waals surface area contributed by atoms with E-state index in [1.165, 1.54) is 16.3 Å². The third kappa shape index (κ3) is 5.02. The van der Waals surface area contributed by atoms with Gasteiger partial charge in [0, 0.05) is 31.2 Å². The molecule has 4 nitrogen and oxygen atoms in total. The lowest BCUT2D eigenvalue weighted by Gasteiger charge is -2.18. The van der Waals surface area contributed by atoms with Gasteiger partial charge in [0.05, 0.1) is 0 Å². The molecule has 4 heteroatoms. The van der Waals surface area contributed by atoms with Crippen molar-refractivity contribution >= 4 is 16.7 Å². The van der Waals surface area contributed by atoms with Gasteiger partial charge in [-0.2, -0.15) is 0 Å². The van der Waals surface area contributed by atoms with Crippen molar-refractivity contribution in [3.05, 3.63) is 72.0 Å². The van der Waals surface area contributed by atoms with Crippen molar-refractivity contribution in [2.45, 2.75) is 31.8 Å². The van der Waals surface area contributed by atoms with Gasteiger partial charge in [-0.1, -0.05) is 48.6 Å². The second-order valence-corrected chi connectivity index (χ2v) is 6.41. The summed E-state index contributed by atoms with van der Waals surface area (Å²) in [5.74, 6) is 0.0167. The first kappa shape index (κ1) is 17.4. The van der Waals surface area contributed by atoms with Gasteiger partial charge < -0.3 is 16.4 Å². The molecule has 0 aromatic heterocycles. The quantitative estimate of drug-likeness (QED) is 0.729. The van der Waals surface area contributed by atoms with Gasteiger partial charge in [-0.25, -0.2) is 0 Å². The van der Waals surface area contributed by atoms with Crippen molar-refractivity contribution in [3.8, 4) is 0 Å². The van der Waals surface area contributed by atoms with E-state index >= 15 is 0 Å². The molecule has 3 rings (SSSR count). The van der Waals surface area contributed by atoms with Gasteiger partial charge in [-0.15, -0.1) is 0 Å². The summed E-state index contributed by atoms with van der Waals surface area (Å²) in [4.78, 5) is 12.2. The third-order valence-corrected chi connectivity index (χ3v) is 4.44. The number of nitrogens with one attached hydrogen (secondary N) is 2. The Kier molecular flexibility index (Phi) is 5.99. The SMILES string of the molecule is NCC(CC(=O)NC1=CC=CCC1)NCc1ccc2ccccc2c1. The summed E-state index contributed by atoms with van der Waals surface area (Å²) in [7, 11) is 0. The van der Waals surface area contributed by atoms with E-state index in [-0.39, 0.29) is 11.9 Å². The highest BCUT2D eigenvalue weighted by Gasteiger charge is 2.13. The Hall–Kier alpha value is -2.43. The highest BCUT2D eigenvalue weighted by Crippen LogP contribution is 2.15. The second kappa shape index (κ2) is 8.60. The predicted molar refractivity (Wildman–Crippen MR) is 103 cm³/mol. The van der Waals surface area contributed by atoms with Crippen LogP contribution in [-0.2, 0) is 11.3 Å². The Morgan fingerprint density at radius 3 is 2.76 bits per heavy atom. The Labute approximate surface area is 148 Å². The van der Waals surface area contributed by atoms with Gasteiger partial charge in [-0.3, -0.25) is 4.79 Å². The van der Waals surface area contributed by atoms with E-state index in [0.29, 0.717) is 19.5 Å². The van der Waals surface area contributed by atoms with Crippen LogP contribution in [0.1, 0.15) is 24.8 Å². The molecule has 1 unspecified atom stereocenters. The van der Waals surface area contributed by atoms with Crippen LogP contribution in [0.3, 0.4) is 0 Å². The largest absolute Gasteiger partial charge is 0.330 e. The zero-order valence-electron chi connectivity index (χ0n) is 14.4. The number of benzene rings is 2. The summed E-state index contributed by atoms with van der Waals surface area (Å²) in [6, 6.07) is 14.7. The average molecular weight is 335 g/mol. The summed E-state index contributed by atoms with van der Waals surface area (Å²) in [6.45, 7) is 1.13. The molecule has 0 saturated carbocycles. The number of amides is 1. The molecule has 130 valence electrons. The standard InChI is InChI=1S/C21H25N3O/c22-14-20(13-21(25)24-19-8-2-1-3-9-19)23-15-16-10-11-17-6-4-5-7-18(17)12-16/h1-2,4-8,10-12,20,23H,3,9,13-15,22H2,(H,24,25). The van der Waals surface area contributed by atoms with Crippen molar-refractivity contribution in [3.63, 3.8) is 0 Å². The fraction of sp³-hybridized carbons (Fsp3) is 0.286. The maximum Gasteiger partial charge on any atom is 0.225 e. The number of hydrogen-bond donors (Lipinski definition) is 3. The lowest BCUT2D eigenvalue weighted by Crippen LogP contribution is -2.40. The van der Waals surface area contributed by atoms with Crippen molar-refractivity contribution in [1.29, 1.82) is 0 Å². The number of hydrogen-bond acceptors (Lipinski definition) is 3. The van der Waals surface area contributed by atoms with E-state index in [1.807, 2.05) is 24.3 Å². The van der Waals surface area contributed by atoms with Crippen LogP contribution >= 0.6 is 0 Å². The third-order valence-electron chi connectivity index (χ3n) is 4.44. The van der Waals surface area contributed by atoms with Crippen LogP contribution in [0, 0.1) is 0 Å². The normalized spacial score (nSPS) is 15.0. The molecule has 2 aromatic carbocycles. The number of rotatable bonds is 7. The zero-order chi connectivity index (χ0) is 17.5. The van der Waals surface area contributed by atoms with Gasteiger partial charge in [-0.05, 0) is 41.3 Å². The van der Waals surface area contributed by atoms with Crippen LogP contribution in [0.4, 0.5) is 0 Å². The summed E-state index contributed by atoms with van der Waals surface area (Å²) < 4.78 is 0. The number of carbonyl (C=O) groups is 1. The van der Waals surface area contributed by atoms with Crippen LogP contribution < -0.4 is 16.4 Å². The summed E-state index contributed by atoms with van der Waals surface area (Å²) in [6.07, 6.45) is 8.29. The topological polar surface area (TPSA) is 67.2 Å². The van der Waals surface area contributed by atoms with E-state index in [9.17, 15) is 4.79 Å². The molecule has 1 amide bonds. The highest BCUT2D eigenvalue weighted by atomic mass is 16.1. The van der Waals surface area contributed by atoms with Crippen molar-refractivity contribution < 1.29 is 4.79 Å². The lowest BCUT2D eigenvalue weighted by atomic mass is 10.1. The Morgan fingerprint density at radius 2 is 2.00 bits per heavy atom. The number of carbonyl (C=O) groups excluding carboxylic acids is 1. The van der Waals surface area contributed by atoms with E-state index < -0.39 is 0 Å². The smallest absolute Gasteiger partial charge is 0.225 e. The molecule has 0 fully saturated rings. The van der Waals surface area contributed by atoms with E-state index in [2.05, 4.69) is 47.0 Å². The molecule has 25 heavy (non-hydrogen) atoms. The second-order valence-electron chi connectivity index (χ2n) is 6.41. The van der Waals surface area contributed by atoms with Gasteiger partial charge in [0.15, 0.2) is 0 Å². The minimum atomic E-state index is -0.0359. The molecular formula is C21H25N3O. The van der Waals surface area contributed by atoms with Gasteiger partial charge in [0.25, 0.3) is 0 Å². The summed E-state index contributed by atoms with van der Waals surface area (Å²) in [5.41, 5.74) is 8.02. The molecule has 0 heterocycles. The first-order chi connectivity index (χ1) is 12.2. The van der Waals surface area contributed by atoms with Crippen LogP contribution in [0.5, 0.6) is 0 Å². The van der Waals surface area contributed by atoms with E-state index in [0.717, 1.165) is 18.5 Å². The van der Waals surface area contributed by atoms with E-state index in [4.69, 9.17) is 5.73 Å². The minimum Gasteiger partial charge on any atom is -0.330 e. The number of fused-ring (bicyclic) bond motifs is 1. The molecule has 0 radical (unpaired) electrons. The fourth-order valence-electron chi connectivity index (χ4n) is 3.01. The first-order valence-corrected chi connectivity index (χ1v) is 8.81. The minimum absolute atomic E-state index is 0.0167. The summed E-state index contributed by atoms with van der Waals surface area (Å²) in [5, 5.41) is 8.84. The predicted octanol–water partition coefficient (Wildman–Crippen LogP) is 3.00. The molecule has 2 aromatic rings. The molecule has 4 N–H and O–H groups in total. The Balaban J connectivity index is 1.53. The monoisotopic (exact) mass is 335 g/mol. The zero-order valence-corrected chi connectivity index (χ0v) is 14.4. The summed E-state index contributed by atoms with van der Waals surface area (Å²) >= 11 is 0. The maximum absolute atomic E-state index is 12.2. The molecule has 1 atom stereocenters. The molecule has 0 spiro atoms. The van der Waals surface area contributed by atoms with Gasteiger partial charge in [0.2, 0.25) is 5.91 Å². The molecule has 1 aliphatic rings. The van der Waals surface area contributed by atoms with Crippen molar-refractivity contribution in [2.75, 3.05) is 6.54 Å². The van der Waals surface area contributed by atoms with Gasteiger partial charge >= 0.3 is 0 Å². The molecule has 0 saturated heterocycles.